The summed E-state index contributed by atoms with van der Waals surface area (Å²) in [7, 11) is 0. The third-order valence-electron chi connectivity index (χ3n) is 9.75. The summed E-state index contributed by atoms with van der Waals surface area (Å²) in [6, 6.07) is 4.49. The molecule has 4 saturated heterocycles. The molecule has 0 spiro atoms. The van der Waals surface area contributed by atoms with Gasteiger partial charge in [0, 0.05) is 26.1 Å². The molecule has 4 fully saturated rings. The van der Waals surface area contributed by atoms with Crippen LogP contribution in [0.3, 0.4) is 0 Å². The number of carbonyl (C=O) groups is 4. The van der Waals surface area contributed by atoms with E-state index in [9.17, 15) is 19.2 Å². The lowest BCUT2D eigenvalue weighted by molar-refractivity contribution is -0.136. The van der Waals surface area contributed by atoms with Crippen LogP contribution >= 0.6 is 0 Å². The number of nitrogens with one attached hydrogen (secondary N) is 2. The Balaban J connectivity index is 1.03. The number of nitrogens with zero attached hydrogens (tertiary/aromatic N) is 3. The minimum atomic E-state index is -0.933. The molecule has 5 aliphatic rings. The van der Waals surface area contributed by atoms with Gasteiger partial charge in [0.25, 0.3) is 11.8 Å². The van der Waals surface area contributed by atoms with Gasteiger partial charge in [-0.05, 0) is 107 Å². The highest BCUT2D eigenvalue weighted by atomic mass is 16.2. The molecule has 6 rings (SSSR count). The Morgan fingerprint density at radius 1 is 0.769 bits per heavy atom. The number of amides is 4. The number of benzene rings is 1. The predicted octanol–water partition coefficient (Wildman–Crippen LogP) is 2.41. The summed E-state index contributed by atoms with van der Waals surface area (Å²) >= 11 is 0. The van der Waals surface area contributed by atoms with Gasteiger partial charge in [0.1, 0.15) is 6.04 Å². The lowest BCUT2D eigenvalue weighted by atomic mass is 9.83. The number of imide groups is 2. The van der Waals surface area contributed by atoms with Gasteiger partial charge in [-0.1, -0.05) is 6.07 Å². The molecule has 1 aromatic rings. The highest BCUT2D eigenvalue weighted by Crippen LogP contribution is 2.36. The summed E-state index contributed by atoms with van der Waals surface area (Å²) in [5.41, 5.74) is 1.55. The number of fused-ring (bicyclic) bond motifs is 1. The van der Waals surface area contributed by atoms with Crippen LogP contribution in [0.25, 0.3) is 0 Å². The van der Waals surface area contributed by atoms with Crippen LogP contribution in [0.4, 0.5) is 5.69 Å². The summed E-state index contributed by atoms with van der Waals surface area (Å²) in [4.78, 5) is 56.7. The zero-order valence-electron chi connectivity index (χ0n) is 22.8. The van der Waals surface area contributed by atoms with Crippen LogP contribution in [-0.2, 0) is 9.59 Å². The van der Waals surface area contributed by atoms with E-state index in [-0.39, 0.29) is 18.7 Å². The zero-order chi connectivity index (χ0) is 26.9. The molecule has 1 aromatic carbocycles. The second-order valence-electron chi connectivity index (χ2n) is 12.3. The van der Waals surface area contributed by atoms with E-state index in [4.69, 9.17) is 0 Å². The summed E-state index contributed by atoms with van der Waals surface area (Å²) in [5, 5.41) is 5.75. The maximum Gasteiger partial charge on any atom is 0.264 e. The van der Waals surface area contributed by atoms with Crippen molar-refractivity contribution in [3.05, 3.63) is 29.3 Å². The molecule has 0 saturated carbocycles. The molecule has 1 atom stereocenters. The molecule has 0 bridgehead atoms. The van der Waals surface area contributed by atoms with Crippen molar-refractivity contribution in [2.75, 3.05) is 50.7 Å². The molecule has 0 radical (unpaired) electrons. The smallest absolute Gasteiger partial charge is 0.264 e. The minimum Gasteiger partial charge on any atom is -0.371 e. The fourth-order valence-electron chi connectivity index (χ4n) is 7.48. The highest BCUT2D eigenvalue weighted by Gasteiger charge is 2.46. The Hall–Kier alpha value is -2.78. The zero-order valence-corrected chi connectivity index (χ0v) is 22.8. The average molecular weight is 536 g/mol. The van der Waals surface area contributed by atoms with Crippen molar-refractivity contribution in [3.8, 4) is 0 Å². The van der Waals surface area contributed by atoms with E-state index in [0.717, 1.165) is 54.9 Å². The van der Waals surface area contributed by atoms with Crippen LogP contribution in [0.5, 0.6) is 0 Å². The number of piperidine rings is 4. The number of hydrogen-bond acceptors (Lipinski definition) is 7. The van der Waals surface area contributed by atoms with Gasteiger partial charge in [0.05, 0.1) is 16.8 Å². The van der Waals surface area contributed by atoms with Crippen LogP contribution in [0.15, 0.2) is 18.2 Å². The fraction of sp³-hybridized carbons (Fsp3) is 0.667. The lowest BCUT2D eigenvalue weighted by Gasteiger charge is -2.39. The second kappa shape index (κ2) is 11.4. The van der Waals surface area contributed by atoms with E-state index in [2.05, 4.69) is 20.4 Å². The number of rotatable bonds is 6. The molecule has 5 heterocycles. The van der Waals surface area contributed by atoms with Crippen molar-refractivity contribution in [2.45, 2.75) is 63.8 Å². The molecule has 0 aromatic heterocycles. The van der Waals surface area contributed by atoms with E-state index in [1.807, 2.05) is 12.1 Å². The molecule has 5 aliphatic heterocycles. The topological polar surface area (TPSA) is 102 Å². The standard InChI is InChI=1S/C30H41N5O4/c36-26-5-4-25(28(37)32-26)35-29(38)23-2-1-3-24(27(23)30(35)39)34-16-10-22(11-17-34)19-33-14-8-21(9-15-33)18-20-6-12-31-13-7-20/h1-3,20-22,25,31H,4-19H2,(H,32,36,37). The van der Waals surface area contributed by atoms with Gasteiger partial charge >= 0.3 is 0 Å². The highest BCUT2D eigenvalue weighted by molar-refractivity contribution is 6.25. The number of carbonyl (C=O) groups excluding carboxylic acids is 4. The van der Waals surface area contributed by atoms with Crippen LogP contribution < -0.4 is 15.5 Å². The van der Waals surface area contributed by atoms with Crippen molar-refractivity contribution < 1.29 is 19.2 Å². The van der Waals surface area contributed by atoms with Crippen molar-refractivity contribution in [1.82, 2.24) is 20.4 Å². The first-order chi connectivity index (χ1) is 19.0. The van der Waals surface area contributed by atoms with Crippen molar-refractivity contribution >= 4 is 29.3 Å². The Labute approximate surface area is 230 Å². The van der Waals surface area contributed by atoms with Crippen molar-refractivity contribution in [3.63, 3.8) is 0 Å². The molecule has 9 nitrogen and oxygen atoms in total. The monoisotopic (exact) mass is 535 g/mol. The normalized spacial score (nSPS) is 26.3. The van der Waals surface area contributed by atoms with Crippen LogP contribution in [0, 0.1) is 17.8 Å². The third kappa shape index (κ3) is 5.48. The van der Waals surface area contributed by atoms with Gasteiger partial charge in [-0.15, -0.1) is 0 Å². The molecule has 0 aliphatic carbocycles. The average Bonchev–Trinajstić information content (AvgIpc) is 3.20. The van der Waals surface area contributed by atoms with Gasteiger partial charge in [-0.2, -0.15) is 0 Å². The van der Waals surface area contributed by atoms with Gasteiger partial charge < -0.3 is 15.1 Å². The predicted molar refractivity (Wildman–Crippen MR) is 147 cm³/mol. The number of anilines is 1. The lowest BCUT2D eigenvalue weighted by Crippen LogP contribution is -2.54. The van der Waals surface area contributed by atoms with Gasteiger partial charge in [0.2, 0.25) is 11.8 Å². The Kier molecular flexibility index (Phi) is 7.71. The first-order valence-electron chi connectivity index (χ1n) is 15.0. The summed E-state index contributed by atoms with van der Waals surface area (Å²) in [6.45, 7) is 7.68. The van der Waals surface area contributed by atoms with Crippen LogP contribution in [0.1, 0.15) is 78.5 Å². The largest absolute Gasteiger partial charge is 0.371 e. The van der Waals surface area contributed by atoms with E-state index < -0.39 is 23.8 Å². The molecule has 2 N–H and O–H groups in total. The van der Waals surface area contributed by atoms with Gasteiger partial charge in [0.15, 0.2) is 0 Å². The number of likely N-dealkylation sites (tertiary alicyclic amines) is 1. The summed E-state index contributed by atoms with van der Waals surface area (Å²) in [6.07, 6.45) is 9.20. The quantitative estimate of drug-likeness (QED) is 0.540. The van der Waals surface area contributed by atoms with E-state index in [1.165, 1.54) is 58.3 Å². The fourth-order valence-corrected chi connectivity index (χ4v) is 7.48. The van der Waals surface area contributed by atoms with Gasteiger partial charge in [-0.25, -0.2) is 0 Å². The molecule has 4 amide bonds. The van der Waals surface area contributed by atoms with Crippen molar-refractivity contribution in [2.24, 2.45) is 17.8 Å². The molecule has 1 unspecified atom stereocenters. The molecular formula is C30H41N5O4. The van der Waals surface area contributed by atoms with E-state index in [0.29, 0.717) is 17.0 Å². The Morgan fingerprint density at radius 3 is 2.18 bits per heavy atom. The molecule has 39 heavy (non-hydrogen) atoms. The molecule has 9 heteroatoms. The second-order valence-corrected chi connectivity index (χ2v) is 12.3. The first-order valence-corrected chi connectivity index (χ1v) is 15.0. The van der Waals surface area contributed by atoms with E-state index in [1.54, 1.807) is 6.07 Å². The van der Waals surface area contributed by atoms with Crippen LogP contribution in [-0.4, -0.2) is 85.3 Å². The summed E-state index contributed by atoms with van der Waals surface area (Å²) < 4.78 is 0. The minimum absolute atomic E-state index is 0.125. The van der Waals surface area contributed by atoms with Gasteiger partial charge in [-0.3, -0.25) is 29.4 Å². The Bertz CT molecular complexity index is 1120. The molecule has 210 valence electrons. The molecular weight excluding hydrogens is 494 g/mol. The van der Waals surface area contributed by atoms with Crippen LogP contribution in [0.2, 0.25) is 0 Å². The first kappa shape index (κ1) is 26.4. The van der Waals surface area contributed by atoms with Crippen molar-refractivity contribution in [1.29, 1.82) is 0 Å². The Morgan fingerprint density at radius 2 is 1.46 bits per heavy atom. The SMILES string of the molecule is O=C1CCC(N2C(=O)c3cccc(N4CCC(CN5CCC(CC6CCNCC6)CC5)CC4)c3C2=O)C(=O)N1. The third-order valence-corrected chi connectivity index (χ3v) is 9.75. The maximum absolute atomic E-state index is 13.5. The van der Waals surface area contributed by atoms with E-state index >= 15 is 0 Å². The summed E-state index contributed by atoms with van der Waals surface area (Å²) in [5.74, 6) is 0.670. The maximum atomic E-state index is 13.5. The number of hydrogen-bond donors (Lipinski definition) is 2.